The number of thiophene rings is 1. The summed E-state index contributed by atoms with van der Waals surface area (Å²) in [6.45, 7) is 5.31. The van der Waals surface area contributed by atoms with E-state index >= 15 is 0 Å². The average molecular weight is 404 g/mol. The molecule has 0 radical (unpaired) electrons. The molecule has 1 aromatic heterocycles. The normalized spacial score (nSPS) is 12.1. The summed E-state index contributed by atoms with van der Waals surface area (Å²) < 4.78 is 27.2. The Hall–Kier alpha value is -1.61. The van der Waals surface area contributed by atoms with Crippen LogP contribution >= 0.6 is 23.7 Å². The van der Waals surface area contributed by atoms with Crippen molar-refractivity contribution in [2.24, 2.45) is 0 Å². The maximum atomic E-state index is 12.2. The number of carbonyl (C=O) groups excluding carboxylic acids is 1. The molecule has 2 aromatic rings. The van der Waals surface area contributed by atoms with Crippen LogP contribution in [0.4, 0.5) is 5.69 Å². The second kappa shape index (κ2) is 9.76. The molecule has 0 saturated heterocycles. The van der Waals surface area contributed by atoms with Gasteiger partial charge >= 0.3 is 0 Å². The van der Waals surface area contributed by atoms with Crippen LogP contribution in [0, 0.1) is 0 Å². The van der Waals surface area contributed by atoms with E-state index in [-0.39, 0.29) is 28.6 Å². The molecule has 1 atom stereocenters. The number of halogens is 1. The summed E-state index contributed by atoms with van der Waals surface area (Å²) in [4.78, 5) is 12.2. The van der Waals surface area contributed by atoms with Gasteiger partial charge in [-0.2, -0.15) is 0 Å². The zero-order chi connectivity index (χ0) is 17.6. The lowest BCUT2D eigenvalue weighted by atomic mass is 10.2. The van der Waals surface area contributed by atoms with Gasteiger partial charge in [0.2, 0.25) is 0 Å². The fraction of sp³-hybridized carbons (Fsp3) is 0.312. The number of benzene rings is 1. The highest BCUT2D eigenvalue weighted by atomic mass is 35.5. The molecular weight excluding hydrogens is 382 g/mol. The SMILES string of the molecule is CCN[C@H](C)CNC(=O)c1cccc(NS(=O)(=O)c2cccs2)c1.Cl. The highest BCUT2D eigenvalue weighted by molar-refractivity contribution is 7.94. The first-order chi connectivity index (χ1) is 11.4. The van der Waals surface area contributed by atoms with Crippen molar-refractivity contribution in [2.75, 3.05) is 17.8 Å². The van der Waals surface area contributed by atoms with E-state index < -0.39 is 10.0 Å². The number of anilines is 1. The molecule has 2 rings (SSSR count). The molecule has 0 aliphatic rings. The van der Waals surface area contributed by atoms with Crippen LogP contribution in [0.2, 0.25) is 0 Å². The lowest BCUT2D eigenvalue weighted by Gasteiger charge is -2.13. The fourth-order valence-corrected chi connectivity index (χ4v) is 4.16. The van der Waals surface area contributed by atoms with Gasteiger partial charge in [-0.1, -0.05) is 19.1 Å². The summed E-state index contributed by atoms with van der Waals surface area (Å²) in [6.07, 6.45) is 0. The Morgan fingerprint density at radius 3 is 2.64 bits per heavy atom. The largest absolute Gasteiger partial charge is 0.350 e. The average Bonchev–Trinajstić information content (AvgIpc) is 3.08. The third kappa shape index (κ3) is 6.32. The summed E-state index contributed by atoms with van der Waals surface area (Å²) in [5.41, 5.74) is 0.765. The van der Waals surface area contributed by atoms with E-state index in [1.54, 1.807) is 29.6 Å². The van der Waals surface area contributed by atoms with E-state index in [9.17, 15) is 13.2 Å². The van der Waals surface area contributed by atoms with E-state index in [4.69, 9.17) is 0 Å². The molecule has 25 heavy (non-hydrogen) atoms. The number of nitrogens with one attached hydrogen (secondary N) is 3. The predicted molar refractivity (Wildman–Crippen MR) is 104 cm³/mol. The maximum absolute atomic E-state index is 12.2. The molecule has 0 bridgehead atoms. The molecule has 138 valence electrons. The van der Waals surface area contributed by atoms with Gasteiger partial charge in [0, 0.05) is 23.8 Å². The minimum absolute atomic E-state index is 0. The van der Waals surface area contributed by atoms with Crippen LogP contribution < -0.4 is 15.4 Å². The van der Waals surface area contributed by atoms with Crippen molar-refractivity contribution in [3.63, 3.8) is 0 Å². The fourth-order valence-electron chi connectivity index (χ4n) is 2.11. The molecule has 1 aromatic carbocycles. The second-order valence-electron chi connectivity index (χ2n) is 5.29. The molecule has 9 heteroatoms. The highest BCUT2D eigenvalue weighted by Gasteiger charge is 2.16. The van der Waals surface area contributed by atoms with Gasteiger partial charge in [-0.15, -0.1) is 23.7 Å². The number of likely N-dealkylation sites (N-methyl/N-ethyl adjacent to an activating group) is 1. The van der Waals surface area contributed by atoms with Crippen LogP contribution in [0.3, 0.4) is 0 Å². The van der Waals surface area contributed by atoms with E-state index in [0.717, 1.165) is 17.9 Å². The highest BCUT2D eigenvalue weighted by Crippen LogP contribution is 2.20. The van der Waals surface area contributed by atoms with Gasteiger partial charge < -0.3 is 10.6 Å². The summed E-state index contributed by atoms with van der Waals surface area (Å²) >= 11 is 1.14. The molecule has 0 spiro atoms. The third-order valence-electron chi connectivity index (χ3n) is 3.26. The number of carbonyl (C=O) groups is 1. The molecule has 3 N–H and O–H groups in total. The van der Waals surface area contributed by atoms with Crippen LogP contribution in [0.15, 0.2) is 46.0 Å². The van der Waals surface area contributed by atoms with Gasteiger partial charge in [-0.25, -0.2) is 8.42 Å². The summed E-state index contributed by atoms with van der Waals surface area (Å²) in [5, 5.41) is 7.73. The maximum Gasteiger partial charge on any atom is 0.271 e. The van der Waals surface area contributed by atoms with Crippen molar-refractivity contribution in [1.82, 2.24) is 10.6 Å². The summed E-state index contributed by atoms with van der Waals surface area (Å²) in [7, 11) is -3.62. The zero-order valence-electron chi connectivity index (χ0n) is 14.0. The Bertz CT molecular complexity index is 780. The number of hydrogen-bond acceptors (Lipinski definition) is 5. The van der Waals surface area contributed by atoms with Crippen molar-refractivity contribution in [2.45, 2.75) is 24.1 Å². The molecular formula is C16H22ClN3O3S2. The Morgan fingerprint density at radius 2 is 2.00 bits per heavy atom. The van der Waals surface area contributed by atoms with Crippen LogP contribution in [-0.4, -0.2) is 33.5 Å². The summed E-state index contributed by atoms with van der Waals surface area (Å²) in [5.74, 6) is -0.239. The topological polar surface area (TPSA) is 87.3 Å². The van der Waals surface area contributed by atoms with Gasteiger partial charge in [-0.3, -0.25) is 9.52 Å². The molecule has 1 heterocycles. The van der Waals surface area contributed by atoms with E-state index in [2.05, 4.69) is 15.4 Å². The molecule has 0 saturated carbocycles. The van der Waals surface area contributed by atoms with Gasteiger partial charge in [0.15, 0.2) is 0 Å². The molecule has 6 nitrogen and oxygen atoms in total. The van der Waals surface area contributed by atoms with Crippen LogP contribution in [-0.2, 0) is 10.0 Å². The van der Waals surface area contributed by atoms with Crippen LogP contribution in [0.5, 0.6) is 0 Å². The Morgan fingerprint density at radius 1 is 1.24 bits per heavy atom. The lowest BCUT2D eigenvalue weighted by Crippen LogP contribution is -2.38. The van der Waals surface area contributed by atoms with Gasteiger partial charge in [0.25, 0.3) is 15.9 Å². The van der Waals surface area contributed by atoms with Crippen LogP contribution in [0.25, 0.3) is 0 Å². The zero-order valence-corrected chi connectivity index (χ0v) is 16.4. The van der Waals surface area contributed by atoms with Crippen molar-refractivity contribution in [1.29, 1.82) is 0 Å². The van der Waals surface area contributed by atoms with E-state index in [0.29, 0.717) is 17.8 Å². The minimum atomic E-state index is -3.62. The smallest absolute Gasteiger partial charge is 0.271 e. The minimum Gasteiger partial charge on any atom is -0.350 e. The van der Waals surface area contributed by atoms with Gasteiger partial charge in [0.05, 0.1) is 0 Å². The molecule has 0 fully saturated rings. The first kappa shape index (κ1) is 21.4. The second-order valence-corrected chi connectivity index (χ2v) is 8.14. The Kier molecular flexibility index (Phi) is 8.37. The van der Waals surface area contributed by atoms with Crippen molar-refractivity contribution in [3.8, 4) is 0 Å². The van der Waals surface area contributed by atoms with Gasteiger partial charge in [0.1, 0.15) is 4.21 Å². The van der Waals surface area contributed by atoms with Crippen molar-refractivity contribution >= 4 is 45.4 Å². The first-order valence-corrected chi connectivity index (χ1v) is 9.96. The van der Waals surface area contributed by atoms with Gasteiger partial charge in [-0.05, 0) is 43.1 Å². The van der Waals surface area contributed by atoms with E-state index in [1.807, 2.05) is 13.8 Å². The monoisotopic (exact) mass is 403 g/mol. The summed E-state index contributed by atoms with van der Waals surface area (Å²) in [6, 6.07) is 9.81. The van der Waals surface area contributed by atoms with Crippen molar-refractivity contribution < 1.29 is 13.2 Å². The molecule has 0 unspecified atom stereocenters. The number of rotatable bonds is 8. The number of sulfonamides is 1. The Balaban J connectivity index is 0.00000312. The lowest BCUT2D eigenvalue weighted by molar-refractivity contribution is 0.0950. The molecule has 0 aliphatic carbocycles. The van der Waals surface area contributed by atoms with E-state index in [1.165, 1.54) is 12.1 Å². The quantitative estimate of drug-likeness (QED) is 0.632. The Labute approximate surface area is 158 Å². The van der Waals surface area contributed by atoms with Crippen LogP contribution in [0.1, 0.15) is 24.2 Å². The predicted octanol–water partition coefficient (Wildman–Crippen LogP) is 2.70. The standard InChI is InChI=1S/C16H21N3O3S2.ClH/c1-3-17-12(2)11-18-16(20)13-6-4-7-14(10-13)19-24(21,22)15-8-5-9-23-15;/h4-10,12,17,19H,3,11H2,1-2H3,(H,18,20);1H/t12-;/m1./s1. The molecule has 0 aliphatic heterocycles. The number of hydrogen-bond donors (Lipinski definition) is 3. The van der Waals surface area contributed by atoms with Crippen molar-refractivity contribution in [3.05, 3.63) is 47.3 Å². The molecule has 1 amide bonds. The third-order valence-corrected chi connectivity index (χ3v) is 6.04. The number of amides is 1. The first-order valence-electron chi connectivity index (χ1n) is 7.60.